The van der Waals surface area contributed by atoms with Crippen molar-refractivity contribution in [3.05, 3.63) is 64.8 Å². The largest absolute Gasteiger partial charge is 0.433 e. The Hall–Kier alpha value is -2.24. The number of hydrogen-bond acceptors (Lipinski definition) is 5. The second-order valence-corrected chi connectivity index (χ2v) is 7.54. The van der Waals surface area contributed by atoms with Crippen LogP contribution < -0.4 is 10.6 Å². The topological polar surface area (TPSA) is 57.2 Å². The molecular weight excluding hydrogens is 432 g/mol. The van der Waals surface area contributed by atoms with Crippen LogP contribution in [0.4, 0.5) is 26.3 Å². The van der Waals surface area contributed by atoms with Crippen molar-refractivity contribution in [3.63, 3.8) is 0 Å². The number of alkyl halides is 6. The zero-order valence-corrected chi connectivity index (χ0v) is 16.1. The quantitative estimate of drug-likeness (QED) is 0.445. The molecular formula is C19H17F6N3OS. The molecule has 0 amide bonds. The van der Waals surface area contributed by atoms with Gasteiger partial charge < -0.3 is 15.7 Å². The lowest BCUT2D eigenvalue weighted by Gasteiger charge is -2.19. The van der Waals surface area contributed by atoms with Gasteiger partial charge in [-0.3, -0.25) is 0 Å². The second kappa shape index (κ2) is 8.48. The predicted molar refractivity (Wildman–Crippen MR) is 102 cm³/mol. The highest BCUT2D eigenvalue weighted by atomic mass is 32.2. The molecule has 0 aliphatic carbocycles. The number of nitrogens with zero attached hydrogens (tertiary/aromatic N) is 1. The van der Waals surface area contributed by atoms with E-state index in [1.54, 1.807) is 6.08 Å². The first-order chi connectivity index (χ1) is 14.0. The van der Waals surface area contributed by atoms with Crippen molar-refractivity contribution >= 4 is 22.7 Å². The molecule has 1 aliphatic heterocycles. The van der Waals surface area contributed by atoms with Crippen molar-refractivity contribution in [1.82, 2.24) is 15.6 Å². The normalized spacial score (nSPS) is 18.2. The fourth-order valence-electron chi connectivity index (χ4n) is 2.99. The molecule has 1 aliphatic rings. The molecule has 3 N–H and O–H groups in total. The molecule has 0 bridgehead atoms. The number of nitrogens with one attached hydrogen (secondary N) is 2. The lowest BCUT2D eigenvalue weighted by Crippen LogP contribution is -2.29. The van der Waals surface area contributed by atoms with Crippen molar-refractivity contribution in [2.24, 2.45) is 0 Å². The number of aliphatic hydroxyl groups is 1. The summed E-state index contributed by atoms with van der Waals surface area (Å²) >= 11 is 1.48. The Kier molecular flexibility index (Phi) is 6.34. The van der Waals surface area contributed by atoms with E-state index in [-0.39, 0.29) is 29.4 Å². The third-order valence-corrected chi connectivity index (χ3v) is 5.40. The molecule has 162 valence electrons. The molecule has 1 aromatic heterocycles. The molecule has 2 unspecified atom stereocenters. The zero-order valence-electron chi connectivity index (χ0n) is 15.3. The molecule has 0 saturated heterocycles. The smallest absolute Gasteiger partial charge is 0.387 e. The van der Waals surface area contributed by atoms with E-state index >= 15 is 0 Å². The van der Waals surface area contributed by atoms with E-state index in [0.29, 0.717) is 12.1 Å². The molecule has 11 heteroatoms. The number of hydrogen-bond donors (Lipinski definition) is 3. The minimum Gasteiger partial charge on any atom is -0.387 e. The van der Waals surface area contributed by atoms with E-state index in [2.05, 4.69) is 22.2 Å². The van der Waals surface area contributed by atoms with Crippen LogP contribution in [-0.4, -0.2) is 28.6 Å². The summed E-state index contributed by atoms with van der Waals surface area (Å²) < 4.78 is 79.6. The first-order valence-electron chi connectivity index (χ1n) is 8.71. The molecule has 4 nitrogen and oxygen atoms in total. The average molecular weight is 449 g/mol. The number of aromatic nitrogens is 1. The molecule has 0 radical (unpaired) electrons. The van der Waals surface area contributed by atoms with Crippen LogP contribution in [0.15, 0.2) is 48.0 Å². The zero-order chi connectivity index (χ0) is 22.1. The Morgan fingerprint density at radius 2 is 1.97 bits per heavy atom. The van der Waals surface area contributed by atoms with E-state index in [1.807, 2.05) is 5.41 Å². The van der Waals surface area contributed by atoms with Gasteiger partial charge >= 0.3 is 12.4 Å². The first kappa shape index (κ1) is 22.4. The van der Waals surface area contributed by atoms with Gasteiger partial charge in [0.1, 0.15) is 5.69 Å². The van der Waals surface area contributed by atoms with Crippen molar-refractivity contribution in [2.75, 3.05) is 13.1 Å². The Balaban J connectivity index is 1.91. The van der Waals surface area contributed by atoms with Gasteiger partial charge in [-0.05, 0) is 23.1 Å². The Bertz CT molecular complexity index is 973. The van der Waals surface area contributed by atoms with E-state index in [9.17, 15) is 31.4 Å². The summed E-state index contributed by atoms with van der Waals surface area (Å²) in [6.07, 6.45) is -9.64. The molecule has 0 fully saturated rings. The maximum Gasteiger partial charge on any atom is 0.433 e. The predicted octanol–water partition coefficient (Wildman–Crippen LogP) is 4.59. The summed E-state index contributed by atoms with van der Waals surface area (Å²) in [5, 5.41) is 18.1. The monoisotopic (exact) mass is 449 g/mol. The summed E-state index contributed by atoms with van der Waals surface area (Å²) in [5.74, 6) is 0. The van der Waals surface area contributed by atoms with E-state index in [0.717, 1.165) is 11.8 Å². The van der Waals surface area contributed by atoms with Gasteiger partial charge in [-0.15, -0.1) is 18.3 Å². The molecule has 2 aromatic rings. The van der Waals surface area contributed by atoms with Crippen LogP contribution in [0.1, 0.15) is 22.9 Å². The minimum atomic E-state index is -4.97. The Morgan fingerprint density at radius 3 is 2.57 bits per heavy atom. The average Bonchev–Trinajstić information content (AvgIpc) is 3.13. The first-order valence-corrected chi connectivity index (χ1v) is 9.65. The highest BCUT2D eigenvalue weighted by molar-refractivity contribution is 8.03. The van der Waals surface area contributed by atoms with Gasteiger partial charge in [0.05, 0.1) is 22.6 Å². The Morgan fingerprint density at radius 1 is 1.23 bits per heavy atom. The summed E-state index contributed by atoms with van der Waals surface area (Å²) in [5.41, 5.74) is -3.12. The number of aliphatic hydroxyl groups excluding tert-OH is 1. The molecule has 30 heavy (non-hydrogen) atoms. The van der Waals surface area contributed by atoms with Gasteiger partial charge in [0, 0.05) is 24.2 Å². The number of pyridine rings is 1. The molecule has 2 heterocycles. The fourth-order valence-corrected chi connectivity index (χ4v) is 3.78. The number of rotatable bonds is 6. The van der Waals surface area contributed by atoms with Crippen LogP contribution in [-0.2, 0) is 12.4 Å². The second-order valence-electron chi connectivity index (χ2n) is 6.52. The number of fused-ring (bicyclic) bond motifs is 1. The van der Waals surface area contributed by atoms with Crippen LogP contribution in [0.5, 0.6) is 0 Å². The summed E-state index contributed by atoms with van der Waals surface area (Å²) in [7, 11) is 0. The van der Waals surface area contributed by atoms with Gasteiger partial charge in [0.15, 0.2) is 0 Å². The number of para-hydroxylation sites is 1. The lowest BCUT2D eigenvalue weighted by atomic mass is 9.99. The standard InChI is InChI=1S/C19H17F6N3OS/c1-2-16-27-10(9-30-16)7-26-8-14(29)12-6-15(19(23,24)25)28-17-11(12)4-3-5-13(17)18(20,21)22/h2-6,9,14,16,26-27,29H,1,7-8H2. The van der Waals surface area contributed by atoms with Crippen LogP contribution in [0.25, 0.3) is 10.9 Å². The minimum absolute atomic E-state index is 0.00555. The van der Waals surface area contributed by atoms with Crippen molar-refractivity contribution < 1.29 is 31.4 Å². The molecule has 0 saturated carbocycles. The van der Waals surface area contributed by atoms with Gasteiger partial charge in [-0.1, -0.05) is 18.2 Å². The highest BCUT2D eigenvalue weighted by Crippen LogP contribution is 2.38. The SMILES string of the molecule is C=CC1NC(CNCC(O)c2cc(C(F)(F)F)nc3c(C(F)(F)F)cccc23)=CS1. The third-order valence-electron chi connectivity index (χ3n) is 4.38. The van der Waals surface area contributed by atoms with E-state index in [4.69, 9.17) is 0 Å². The van der Waals surface area contributed by atoms with E-state index < -0.39 is 35.2 Å². The van der Waals surface area contributed by atoms with Crippen molar-refractivity contribution in [2.45, 2.75) is 23.8 Å². The van der Waals surface area contributed by atoms with Crippen molar-refractivity contribution in [3.8, 4) is 0 Å². The summed E-state index contributed by atoms with van der Waals surface area (Å²) in [6.45, 7) is 3.77. The van der Waals surface area contributed by atoms with Gasteiger partial charge in [0.2, 0.25) is 0 Å². The van der Waals surface area contributed by atoms with Crippen LogP contribution in [0.2, 0.25) is 0 Å². The van der Waals surface area contributed by atoms with Crippen molar-refractivity contribution in [1.29, 1.82) is 0 Å². The van der Waals surface area contributed by atoms with Crippen LogP contribution >= 0.6 is 11.8 Å². The summed E-state index contributed by atoms with van der Waals surface area (Å²) in [4.78, 5) is 3.21. The van der Waals surface area contributed by atoms with Crippen LogP contribution in [0.3, 0.4) is 0 Å². The summed E-state index contributed by atoms with van der Waals surface area (Å²) in [6, 6.07) is 3.54. The number of benzene rings is 1. The maximum atomic E-state index is 13.3. The third kappa shape index (κ3) is 4.90. The number of thioether (sulfide) groups is 1. The van der Waals surface area contributed by atoms with Gasteiger partial charge in [-0.25, -0.2) is 4.98 Å². The molecule has 3 rings (SSSR count). The highest BCUT2D eigenvalue weighted by Gasteiger charge is 2.38. The Labute approximate surface area is 172 Å². The van der Waals surface area contributed by atoms with E-state index in [1.165, 1.54) is 17.8 Å². The van der Waals surface area contributed by atoms with Gasteiger partial charge in [-0.2, -0.15) is 26.3 Å². The molecule has 0 spiro atoms. The van der Waals surface area contributed by atoms with Crippen LogP contribution in [0, 0.1) is 0 Å². The van der Waals surface area contributed by atoms with Gasteiger partial charge in [0.25, 0.3) is 0 Å². The molecule has 1 aromatic carbocycles. The number of halogens is 6. The fraction of sp³-hybridized carbons (Fsp3) is 0.316. The maximum absolute atomic E-state index is 13.3. The molecule has 2 atom stereocenters. The lowest BCUT2D eigenvalue weighted by molar-refractivity contribution is -0.142.